The van der Waals surface area contributed by atoms with Crippen molar-refractivity contribution < 1.29 is 39.2 Å². The highest BCUT2D eigenvalue weighted by atomic mass is 16.6. The van der Waals surface area contributed by atoms with E-state index in [1.54, 1.807) is 34.6 Å². The van der Waals surface area contributed by atoms with Crippen LogP contribution in [0, 0.1) is 0 Å². The number of aliphatic hydroxyl groups excluding tert-OH is 2. The lowest BCUT2D eigenvalue weighted by Gasteiger charge is -2.22. The van der Waals surface area contributed by atoms with E-state index in [9.17, 15) is 14.4 Å². The van der Waals surface area contributed by atoms with Gasteiger partial charge in [0.05, 0.1) is 24.3 Å². The van der Waals surface area contributed by atoms with Gasteiger partial charge in [0.1, 0.15) is 17.7 Å². The largest absolute Gasteiger partial charge is 0.480 e. The Morgan fingerprint density at radius 2 is 1.66 bits per heavy atom. The van der Waals surface area contributed by atoms with E-state index in [2.05, 4.69) is 10.6 Å². The molecule has 2 amide bonds. The van der Waals surface area contributed by atoms with Crippen LogP contribution in [0.1, 0.15) is 55.4 Å². The third-order valence-electron chi connectivity index (χ3n) is 3.62. The first kappa shape index (κ1) is 29.1. The average molecular weight is 424 g/mol. The summed E-state index contributed by atoms with van der Waals surface area (Å²) in [5.41, 5.74) is 4.41. The fourth-order valence-electron chi connectivity index (χ4n) is 1.43. The van der Waals surface area contributed by atoms with Crippen molar-refractivity contribution in [1.82, 2.24) is 10.6 Å². The Morgan fingerprint density at radius 1 is 1.17 bits per heavy atom. The fraction of sp³-hybridized carbons (Fsp3) is 0.833. The predicted octanol–water partition coefficient (Wildman–Crippen LogP) is 0.563. The van der Waals surface area contributed by atoms with Gasteiger partial charge in [-0.2, -0.15) is 0 Å². The summed E-state index contributed by atoms with van der Waals surface area (Å²) in [6.07, 6.45) is -2.33. The van der Waals surface area contributed by atoms with Crippen LogP contribution >= 0.6 is 0 Å². The molecule has 1 aliphatic rings. The molecule has 0 aromatic rings. The van der Waals surface area contributed by atoms with E-state index in [4.69, 9.17) is 30.5 Å². The fourth-order valence-corrected chi connectivity index (χ4v) is 1.43. The van der Waals surface area contributed by atoms with E-state index in [0.717, 1.165) is 0 Å². The van der Waals surface area contributed by atoms with Gasteiger partial charge in [-0.3, -0.25) is 4.79 Å². The summed E-state index contributed by atoms with van der Waals surface area (Å²) in [4.78, 5) is 31.3. The molecule has 0 aliphatic carbocycles. The maximum atomic E-state index is 11.1. The number of hydrogen-bond donors (Lipinski definition) is 6. The van der Waals surface area contributed by atoms with Crippen LogP contribution in [-0.2, 0) is 14.3 Å². The van der Waals surface area contributed by atoms with Gasteiger partial charge in [0.2, 0.25) is 0 Å². The number of ether oxygens (including phenoxy) is 2. The number of nitrogens with two attached hydrogens (primary N) is 1. The van der Waals surface area contributed by atoms with Crippen LogP contribution in [0.3, 0.4) is 0 Å². The van der Waals surface area contributed by atoms with Gasteiger partial charge in [0, 0.05) is 0 Å². The van der Waals surface area contributed by atoms with Crippen molar-refractivity contribution in [2.45, 2.75) is 97.4 Å². The number of amides is 2. The summed E-state index contributed by atoms with van der Waals surface area (Å²) in [7, 11) is 0. The number of carboxylic acid groups (broad SMARTS) is 1. The normalized spacial score (nSPS) is 22.1. The van der Waals surface area contributed by atoms with E-state index in [1.807, 2.05) is 13.8 Å². The number of nitrogens with one attached hydrogen (secondary N) is 2. The predicted molar refractivity (Wildman–Crippen MR) is 106 cm³/mol. The van der Waals surface area contributed by atoms with Gasteiger partial charge >= 0.3 is 18.2 Å². The van der Waals surface area contributed by atoms with Gasteiger partial charge in [0.15, 0.2) is 0 Å². The Bertz CT molecular complexity index is 506. The Kier molecular flexibility index (Phi) is 13.2. The lowest BCUT2D eigenvalue weighted by molar-refractivity contribution is -0.140. The van der Waals surface area contributed by atoms with Crippen LogP contribution in [0.2, 0.25) is 0 Å². The summed E-state index contributed by atoms with van der Waals surface area (Å²) in [5.74, 6) is -1.18. The molecule has 0 aromatic carbocycles. The topological polar surface area (TPSA) is 180 Å². The zero-order valence-electron chi connectivity index (χ0n) is 18.4. The Morgan fingerprint density at radius 3 is 1.83 bits per heavy atom. The molecule has 11 heteroatoms. The highest BCUT2D eigenvalue weighted by molar-refractivity contribution is 5.73. The third kappa shape index (κ3) is 15.5. The summed E-state index contributed by atoms with van der Waals surface area (Å²) in [6, 6.07) is -1.28. The van der Waals surface area contributed by atoms with Crippen LogP contribution in [0.4, 0.5) is 9.59 Å². The van der Waals surface area contributed by atoms with E-state index in [1.165, 1.54) is 6.92 Å². The molecule has 1 aliphatic heterocycles. The zero-order valence-corrected chi connectivity index (χ0v) is 18.4. The van der Waals surface area contributed by atoms with Crippen LogP contribution in [-0.4, -0.2) is 75.5 Å². The standard InChI is InChI=1S/C9H19NO3.C5H9NO2.C4H9NO3/c1-6(7(2)11)10-8(12)13-9(3,4)5;1-3-4(2)8-5(7)6-3;1-2(6)3(5)4(7)8/h6-7,11H,1-5H3,(H,10,12);3-4H,1-2H3,(H,6,7);2-3,6H,5H2,1H3,(H,7,8)/t6-,7-;3-,4+;2-,3-/m110/s1. The van der Waals surface area contributed by atoms with Crippen molar-refractivity contribution >= 4 is 18.2 Å². The third-order valence-corrected chi connectivity index (χ3v) is 3.62. The summed E-state index contributed by atoms with van der Waals surface area (Å²) in [5, 5.41) is 30.8. The first-order chi connectivity index (χ1) is 13.0. The number of hydrogen-bond acceptors (Lipinski definition) is 8. The molecule has 11 nitrogen and oxygen atoms in total. The van der Waals surface area contributed by atoms with Gasteiger partial charge in [-0.05, 0) is 55.4 Å². The van der Waals surface area contributed by atoms with E-state index in [0.29, 0.717) is 0 Å². The molecule has 0 aromatic heterocycles. The van der Waals surface area contributed by atoms with Crippen molar-refractivity contribution in [1.29, 1.82) is 0 Å². The Labute approximate surface area is 171 Å². The molecule has 0 spiro atoms. The summed E-state index contributed by atoms with van der Waals surface area (Å²) in [6.45, 7) is 13.8. The van der Waals surface area contributed by atoms with Crippen LogP contribution in [0.15, 0.2) is 0 Å². The highest BCUT2D eigenvalue weighted by Crippen LogP contribution is 2.07. The minimum absolute atomic E-state index is 0.0301. The van der Waals surface area contributed by atoms with Crippen molar-refractivity contribution in [3.8, 4) is 0 Å². The minimum atomic E-state index is -1.18. The molecular formula is C18H37N3O8. The van der Waals surface area contributed by atoms with Gasteiger partial charge in [-0.25, -0.2) is 9.59 Å². The molecule has 0 radical (unpaired) electrons. The van der Waals surface area contributed by atoms with Crippen LogP contribution in [0.5, 0.6) is 0 Å². The number of aliphatic carboxylic acids is 1. The smallest absolute Gasteiger partial charge is 0.407 e. The van der Waals surface area contributed by atoms with Crippen LogP contribution < -0.4 is 16.4 Å². The number of carboxylic acids is 1. The first-order valence-electron chi connectivity index (χ1n) is 9.29. The molecule has 1 heterocycles. The molecule has 172 valence electrons. The molecule has 7 N–H and O–H groups in total. The molecular weight excluding hydrogens is 386 g/mol. The number of carbonyl (C=O) groups is 3. The van der Waals surface area contributed by atoms with Gasteiger partial charge in [0.25, 0.3) is 0 Å². The molecule has 29 heavy (non-hydrogen) atoms. The first-order valence-corrected chi connectivity index (χ1v) is 9.29. The molecule has 0 bridgehead atoms. The molecule has 1 rings (SSSR count). The van der Waals surface area contributed by atoms with Crippen molar-refractivity contribution in [3.63, 3.8) is 0 Å². The Balaban J connectivity index is 0. The van der Waals surface area contributed by atoms with Gasteiger partial charge in [-0.15, -0.1) is 0 Å². The molecule has 6 atom stereocenters. The van der Waals surface area contributed by atoms with E-state index in [-0.39, 0.29) is 24.3 Å². The van der Waals surface area contributed by atoms with E-state index >= 15 is 0 Å². The monoisotopic (exact) mass is 423 g/mol. The second kappa shape index (κ2) is 13.2. The number of aliphatic hydroxyl groups is 2. The molecule has 0 unspecified atom stereocenters. The van der Waals surface area contributed by atoms with Gasteiger partial charge in [-0.1, -0.05) is 0 Å². The molecule has 0 saturated carbocycles. The second-order valence-corrected chi connectivity index (χ2v) is 7.82. The number of carbonyl (C=O) groups excluding carboxylic acids is 2. The zero-order chi connectivity index (χ0) is 23.5. The second-order valence-electron chi connectivity index (χ2n) is 7.82. The molecule has 1 saturated heterocycles. The maximum absolute atomic E-state index is 11.1. The highest BCUT2D eigenvalue weighted by Gasteiger charge is 2.25. The van der Waals surface area contributed by atoms with Crippen molar-refractivity contribution in [3.05, 3.63) is 0 Å². The minimum Gasteiger partial charge on any atom is -0.480 e. The molecule has 1 fully saturated rings. The quantitative estimate of drug-likeness (QED) is 0.376. The van der Waals surface area contributed by atoms with Crippen LogP contribution in [0.25, 0.3) is 0 Å². The van der Waals surface area contributed by atoms with Gasteiger partial charge < -0.3 is 41.2 Å². The Hall–Kier alpha value is -2.11. The number of alkyl carbamates (subject to hydrolysis) is 2. The van der Waals surface area contributed by atoms with Crippen molar-refractivity contribution in [2.24, 2.45) is 5.73 Å². The summed E-state index contributed by atoms with van der Waals surface area (Å²) >= 11 is 0. The lowest BCUT2D eigenvalue weighted by Crippen LogP contribution is -2.42. The SMILES string of the molecule is C[C@@H](O)[C@@H](C)NC(=O)OC(C)(C)C.C[C@@H]1OC(=O)N[C@@H]1C.C[C@H](O)[C@H](N)C(=O)O. The summed E-state index contributed by atoms with van der Waals surface area (Å²) < 4.78 is 9.72. The number of cyclic esters (lactones) is 1. The lowest BCUT2D eigenvalue weighted by atomic mass is 10.2. The average Bonchev–Trinajstić information content (AvgIpc) is 2.81. The van der Waals surface area contributed by atoms with E-state index < -0.39 is 35.9 Å². The number of rotatable bonds is 4. The maximum Gasteiger partial charge on any atom is 0.407 e. The van der Waals surface area contributed by atoms with Crippen molar-refractivity contribution in [2.75, 3.05) is 0 Å².